The van der Waals surface area contributed by atoms with E-state index in [1.165, 1.54) is 0 Å². The van der Waals surface area contributed by atoms with E-state index in [9.17, 15) is 4.79 Å². The topological polar surface area (TPSA) is 55.1 Å². The number of hydrogen-bond acceptors (Lipinski definition) is 2. The summed E-state index contributed by atoms with van der Waals surface area (Å²) >= 11 is 0. The number of rotatable bonds is 4. The summed E-state index contributed by atoms with van der Waals surface area (Å²) in [6.07, 6.45) is 1.27. The average Bonchev–Trinajstić information content (AvgIpc) is 2.02. The lowest BCUT2D eigenvalue weighted by atomic mass is 9.88. The molecule has 0 bridgehead atoms. The number of carbonyl (C=O) groups excluding carboxylic acids is 1. The molecule has 0 aromatic rings. The Bertz CT molecular complexity index is 184. The molecule has 2 atom stereocenters. The third-order valence-electron chi connectivity index (χ3n) is 2.65. The molecule has 0 spiro atoms. The maximum atomic E-state index is 11.5. The molecule has 0 fully saturated rings. The Hall–Kier alpha value is -0.570. The summed E-state index contributed by atoms with van der Waals surface area (Å²) in [5.41, 5.74) is 5.80. The number of hydrogen-bond donors (Lipinski definition) is 2. The standard InChI is InChI=1S/C11H24N2O/c1-6-9(12)7-10(14)13-8(2)11(3,4)5/h8-9H,6-7,12H2,1-5H3,(H,13,14). The third kappa shape index (κ3) is 5.22. The fourth-order valence-corrected chi connectivity index (χ4v) is 0.899. The van der Waals surface area contributed by atoms with Crippen LogP contribution in [0.4, 0.5) is 0 Å². The summed E-state index contributed by atoms with van der Waals surface area (Å²) in [5.74, 6) is 0.0572. The zero-order chi connectivity index (χ0) is 11.4. The van der Waals surface area contributed by atoms with Gasteiger partial charge in [-0.1, -0.05) is 27.7 Å². The van der Waals surface area contributed by atoms with Crippen molar-refractivity contribution >= 4 is 5.91 Å². The van der Waals surface area contributed by atoms with Gasteiger partial charge in [-0.05, 0) is 18.8 Å². The van der Waals surface area contributed by atoms with Crippen LogP contribution in [0.5, 0.6) is 0 Å². The fourth-order valence-electron chi connectivity index (χ4n) is 0.899. The SMILES string of the molecule is CCC(N)CC(=O)NC(C)C(C)(C)C. The van der Waals surface area contributed by atoms with Crippen molar-refractivity contribution < 1.29 is 4.79 Å². The summed E-state index contributed by atoms with van der Waals surface area (Å²) in [5, 5.41) is 2.97. The molecule has 3 heteroatoms. The molecule has 3 nitrogen and oxygen atoms in total. The van der Waals surface area contributed by atoms with E-state index < -0.39 is 0 Å². The van der Waals surface area contributed by atoms with Crippen LogP contribution in [0.25, 0.3) is 0 Å². The molecule has 0 saturated heterocycles. The molecule has 1 amide bonds. The van der Waals surface area contributed by atoms with Gasteiger partial charge in [-0.3, -0.25) is 4.79 Å². The maximum Gasteiger partial charge on any atom is 0.221 e. The van der Waals surface area contributed by atoms with Crippen LogP contribution in [-0.4, -0.2) is 18.0 Å². The summed E-state index contributed by atoms with van der Waals surface area (Å²) < 4.78 is 0. The normalized spacial score (nSPS) is 16.1. The largest absolute Gasteiger partial charge is 0.353 e. The predicted molar refractivity (Wildman–Crippen MR) is 59.9 cm³/mol. The van der Waals surface area contributed by atoms with Crippen LogP contribution in [-0.2, 0) is 4.79 Å². The van der Waals surface area contributed by atoms with Gasteiger partial charge in [-0.25, -0.2) is 0 Å². The molecule has 0 aliphatic rings. The smallest absolute Gasteiger partial charge is 0.221 e. The van der Waals surface area contributed by atoms with E-state index in [0.29, 0.717) is 6.42 Å². The Kier molecular flexibility index (Phi) is 5.13. The van der Waals surface area contributed by atoms with Gasteiger partial charge in [0.05, 0.1) is 0 Å². The van der Waals surface area contributed by atoms with E-state index in [0.717, 1.165) is 6.42 Å². The third-order valence-corrected chi connectivity index (χ3v) is 2.65. The highest BCUT2D eigenvalue weighted by atomic mass is 16.1. The minimum Gasteiger partial charge on any atom is -0.353 e. The van der Waals surface area contributed by atoms with Crippen LogP contribution in [0, 0.1) is 5.41 Å². The quantitative estimate of drug-likeness (QED) is 0.725. The zero-order valence-electron chi connectivity index (χ0n) is 10.1. The lowest BCUT2D eigenvalue weighted by molar-refractivity contribution is -0.122. The van der Waals surface area contributed by atoms with Crippen molar-refractivity contribution in [2.45, 2.75) is 59.5 Å². The molecule has 0 saturated carbocycles. The van der Waals surface area contributed by atoms with Gasteiger partial charge in [0.25, 0.3) is 0 Å². The molecule has 0 radical (unpaired) electrons. The fraction of sp³-hybridized carbons (Fsp3) is 0.909. The van der Waals surface area contributed by atoms with Crippen LogP contribution in [0.1, 0.15) is 47.5 Å². The molecule has 0 aromatic heterocycles. The minimum atomic E-state index is -0.0119. The molecule has 0 heterocycles. The van der Waals surface area contributed by atoms with Crippen molar-refractivity contribution in [2.75, 3.05) is 0 Å². The molecule has 2 unspecified atom stereocenters. The maximum absolute atomic E-state index is 11.5. The van der Waals surface area contributed by atoms with Gasteiger partial charge in [-0.2, -0.15) is 0 Å². The zero-order valence-corrected chi connectivity index (χ0v) is 10.1. The van der Waals surface area contributed by atoms with E-state index in [1.54, 1.807) is 0 Å². The monoisotopic (exact) mass is 200 g/mol. The van der Waals surface area contributed by atoms with Crippen molar-refractivity contribution in [2.24, 2.45) is 11.1 Å². The van der Waals surface area contributed by atoms with Gasteiger partial charge in [0.2, 0.25) is 5.91 Å². The molecule has 0 aliphatic carbocycles. The Labute approximate surface area is 87.4 Å². The highest BCUT2D eigenvalue weighted by Crippen LogP contribution is 2.18. The van der Waals surface area contributed by atoms with Gasteiger partial charge in [-0.15, -0.1) is 0 Å². The van der Waals surface area contributed by atoms with Gasteiger partial charge < -0.3 is 11.1 Å². The van der Waals surface area contributed by atoms with Gasteiger partial charge >= 0.3 is 0 Å². The summed E-state index contributed by atoms with van der Waals surface area (Å²) in [4.78, 5) is 11.5. The number of nitrogens with two attached hydrogens (primary N) is 1. The average molecular weight is 200 g/mol. The lowest BCUT2D eigenvalue weighted by Crippen LogP contribution is -2.43. The molecule has 0 rings (SSSR count). The van der Waals surface area contributed by atoms with Crippen molar-refractivity contribution in [3.8, 4) is 0 Å². The van der Waals surface area contributed by atoms with Crippen molar-refractivity contribution in [3.63, 3.8) is 0 Å². The number of carbonyl (C=O) groups is 1. The van der Waals surface area contributed by atoms with E-state index in [-0.39, 0.29) is 23.4 Å². The lowest BCUT2D eigenvalue weighted by Gasteiger charge is -2.28. The molecule has 0 aromatic carbocycles. The Morgan fingerprint density at radius 3 is 2.29 bits per heavy atom. The summed E-state index contributed by atoms with van der Waals surface area (Å²) in [6.45, 7) is 10.3. The van der Waals surface area contributed by atoms with Crippen molar-refractivity contribution in [1.29, 1.82) is 0 Å². The van der Waals surface area contributed by atoms with Crippen molar-refractivity contribution in [3.05, 3.63) is 0 Å². The molecular formula is C11H24N2O. The highest BCUT2D eigenvalue weighted by molar-refractivity contribution is 5.76. The van der Waals surface area contributed by atoms with E-state index in [1.807, 2.05) is 13.8 Å². The molecule has 0 aliphatic heterocycles. The molecular weight excluding hydrogens is 176 g/mol. The second-order valence-corrected chi connectivity index (χ2v) is 5.03. The molecule has 14 heavy (non-hydrogen) atoms. The number of nitrogens with one attached hydrogen (secondary N) is 1. The van der Waals surface area contributed by atoms with Crippen molar-refractivity contribution in [1.82, 2.24) is 5.32 Å². The molecule has 3 N–H and O–H groups in total. The second-order valence-electron chi connectivity index (χ2n) is 5.03. The van der Waals surface area contributed by atoms with Gasteiger partial charge in [0, 0.05) is 18.5 Å². The Morgan fingerprint density at radius 1 is 1.43 bits per heavy atom. The Balaban J connectivity index is 3.95. The first kappa shape index (κ1) is 13.4. The Morgan fingerprint density at radius 2 is 1.93 bits per heavy atom. The van der Waals surface area contributed by atoms with E-state index in [2.05, 4.69) is 26.1 Å². The van der Waals surface area contributed by atoms with Crippen LogP contribution in [0.15, 0.2) is 0 Å². The first-order valence-corrected chi connectivity index (χ1v) is 5.32. The van der Waals surface area contributed by atoms with E-state index >= 15 is 0 Å². The summed E-state index contributed by atoms with van der Waals surface area (Å²) in [6, 6.07) is 0.168. The van der Waals surface area contributed by atoms with Crippen LogP contribution >= 0.6 is 0 Å². The van der Waals surface area contributed by atoms with Gasteiger partial charge in [0.15, 0.2) is 0 Å². The first-order valence-electron chi connectivity index (χ1n) is 5.32. The highest BCUT2D eigenvalue weighted by Gasteiger charge is 2.21. The first-order chi connectivity index (χ1) is 6.27. The van der Waals surface area contributed by atoms with Crippen LogP contribution in [0.2, 0.25) is 0 Å². The minimum absolute atomic E-state index is 0.0119. The van der Waals surface area contributed by atoms with Crippen LogP contribution in [0.3, 0.4) is 0 Å². The summed E-state index contributed by atoms with van der Waals surface area (Å²) in [7, 11) is 0. The van der Waals surface area contributed by atoms with Gasteiger partial charge in [0.1, 0.15) is 0 Å². The molecule has 84 valence electrons. The second kappa shape index (κ2) is 5.35. The number of amides is 1. The predicted octanol–water partition coefficient (Wildman–Crippen LogP) is 1.66. The van der Waals surface area contributed by atoms with E-state index in [4.69, 9.17) is 5.73 Å². The van der Waals surface area contributed by atoms with Crippen LogP contribution < -0.4 is 11.1 Å².